The lowest BCUT2D eigenvalue weighted by atomic mass is 10.2. The molecule has 0 saturated carbocycles. The standard InChI is InChI=1S/C16H22N4O3S/c1-2-11(16(23)18-10-17)19-14(21)9-20-12-5-3-4-6-13(12)24-8-7-15(20)22/h3-6,11H,2,7-10,17H2,1H3,(H,18,23)(H,19,21). The van der Waals surface area contributed by atoms with Gasteiger partial charge in [0, 0.05) is 17.1 Å². The second-order valence-corrected chi connectivity index (χ2v) is 6.46. The molecule has 0 spiro atoms. The number of fused-ring (bicyclic) bond motifs is 1. The number of hydrogen-bond donors (Lipinski definition) is 3. The predicted octanol–water partition coefficient (Wildman–Crippen LogP) is 0.443. The van der Waals surface area contributed by atoms with Crippen molar-refractivity contribution in [3.8, 4) is 0 Å². The molecule has 1 aromatic carbocycles. The fraction of sp³-hybridized carbons (Fsp3) is 0.438. The van der Waals surface area contributed by atoms with Gasteiger partial charge in [-0.25, -0.2) is 0 Å². The molecule has 0 saturated heterocycles. The first kappa shape index (κ1) is 18.3. The number of rotatable bonds is 6. The van der Waals surface area contributed by atoms with Crippen LogP contribution in [0.2, 0.25) is 0 Å². The number of thioether (sulfide) groups is 1. The van der Waals surface area contributed by atoms with Crippen molar-refractivity contribution in [2.75, 3.05) is 23.9 Å². The van der Waals surface area contributed by atoms with Gasteiger partial charge in [0.15, 0.2) is 0 Å². The molecule has 1 atom stereocenters. The third kappa shape index (κ3) is 4.48. The molecule has 1 aromatic rings. The summed E-state index contributed by atoms with van der Waals surface area (Å²) in [5, 5.41) is 5.14. The minimum Gasteiger partial charge on any atom is -0.343 e. The minimum absolute atomic E-state index is 0.0143. The molecule has 8 heteroatoms. The third-order valence-electron chi connectivity index (χ3n) is 3.67. The molecule has 24 heavy (non-hydrogen) atoms. The summed E-state index contributed by atoms with van der Waals surface area (Å²) in [6.45, 7) is 1.70. The molecule has 0 aliphatic carbocycles. The minimum atomic E-state index is -0.659. The smallest absolute Gasteiger partial charge is 0.243 e. The highest BCUT2D eigenvalue weighted by Gasteiger charge is 2.26. The zero-order chi connectivity index (χ0) is 17.5. The van der Waals surface area contributed by atoms with Gasteiger partial charge >= 0.3 is 0 Å². The molecule has 0 fully saturated rings. The largest absolute Gasteiger partial charge is 0.343 e. The lowest BCUT2D eigenvalue weighted by Crippen LogP contribution is -2.50. The summed E-state index contributed by atoms with van der Waals surface area (Å²) in [5.41, 5.74) is 6.03. The molecule has 1 aliphatic rings. The van der Waals surface area contributed by atoms with E-state index in [4.69, 9.17) is 5.73 Å². The van der Waals surface area contributed by atoms with Gasteiger partial charge in [-0.15, -0.1) is 11.8 Å². The number of amides is 3. The molecule has 3 amide bonds. The van der Waals surface area contributed by atoms with E-state index in [1.165, 1.54) is 4.90 Å². The van der Waals surface area contributed by atoms with Crippen LogP contribution in [0.25, 0.3) is 0 Å². The van der Waals surface area contributed by atoms with E-state index < -0.39 is 6.04 Å². The Morgan fingerprint density at radius 2 is 2.12 bits per heavy atom. The van der Waals surface area contributed by atoms with Crippen LogP contribution in [0.3, 0.4) is 0 Å². The molecule has 1 unspecified atom stereocenters. The van der Waals surface area contributed by atoms with Crippen molar-refractivity contribution in [2.45, 2.75) is 30.7 Å². The van der Waals surface area contributed by atoms with Crippen molar-refractivity contribution in [1.82, 2.24) is 10.6 Å². The molecule has 7 nitrogen and oxygen atoms in total. The van der Waals surface area contributed by atoms with Crippen LogP contribution in [0.15, 0.2) is 29.2 Å². The van der Waals surface area contributed by atoms with E-state index in [2.05, 4.69) is 10.6 Å². The molecule has 2 rings (SSSR count). The Morgan fingerprint density at radius 3 is 2.83 bits per heavy atom. The number of benzene rings is 1. The molecule has 0 aromatic heterocycles. The van der Waals surface area contributed by atoms with Crippen molar-refractivity contribution < 1.29 is 14.4 Å². The van der Waals surface area contributed by atoms with Gasteiger partial charge in [0.1, 0.15) is 12.6 Å². The molecule has 1 heterocycles. The van der Waals surface area contributed by atoms with Crippen LogP contribution in [-0.2, 0) is 14.4 Å². The monoisotopic (exact) mass is 350 g/mol. The molecular formula is C16H22N4O3S. The summed E-state index contributed by atoms with van der Waals surface area (Å²) in [5.74, 6) is -0.109. The van der Waals surface area contributed by atoms with Crippen molar-refractivity contribution in [2.24, 2.45) is 5.73 Å². The first-order valence-corrected chi connectivity index (χ1v) is 8.84. The van der Waals surface area contributed by atoms with Gasteiger partial charge in [-0.3, -0.25) is 14.4 Å². The summed E-state index contributed by atoms with van der Waals surface area (Å²) >= 11 is 1.60. The van der Waals surface area contributed by atoms with Crippen molar-refractivity contribution in [3.05, 3.63) is 24.3 Å². The lowest BCUT2D eigenvalue weighted by Gasteiger charge is -2.23. The first-order chi connectivity index (χ1) is 11.6. The van der Waals surface area contributed by atoms with Gasteiger partial charge in [0.25, 0.3) is 0 Å². The topological polar surface area (TPSA) is 105 Å². The van der Waals surface area contributed by atoms with Crippen LogP contribution < -0.4 is 21.3 Å². The van der Waals surface area contributed by atoms with Gasteiger partial charge in [-0.2, -0.15) is 0 Å². The highest BCUT2D eigenvalue weighted by molar-refractivity contribution is 7.99. The van der Waals surface area contributed by atoms with Gasteiger partial charge in [-0.1, -0.05) is 19.1 Å². The summed E-state index contributed by atoms with van der Waals surface area (Å²) in [4.78, 5) is 39.0. The highest BCUT2D eigenvalue weighted by atomic mass is 32.2. The quantitative estimate of drug-likeness (QED) is 0.646. The van der Waals surface area contributed by atoms with Gasteiger partial charge < -0.3 is 21.3 Å². The van der Waals surface area contributed by atoms with Crippen molar-refractivity contribution >= 4 is 35.2 Å². The molecule has 0 radical (unpaired) electrons. The Bertz CT molecular complexity index is 623. The Morgan fingerprint density at radius 1 is 1.38 bits per heavy atom. The third-order valence-corrected chi connectivity index (χ3v) is 4.73. The van der Waals surface area contributed by atoms with Crippen molar-refractivity contribution in [3.63, 3.8) is 0 Å². The zero-order valence-corrected chi connectivity index (χ0v) is 14.4. The van der Waals surface area contributed by atoms with E-state index >= 15 is 0 Å². The lowest BCUT2D eigenvalue weighted by molar-refractivity contribution is -0.129. The SMILES string of the molecule is CCC(NC(=O)CN1C(=O)CCSc2ccccc21)C(=O)NCN. The number of nitrogens with one attached hydrogen (secondary N) is 2. The van der Waals surface area contributed by atoms with E-state index in [1.54, 1.807) is 18.7 Å². The van der Waals surface area contributed by atoms with E-state index in [1.807, 2.05) is 24.3 Å². The Labute approximate surface area is 145 Å². The number of nitrogens with two attached hydrogens (primary N) is 1. The zero-order valence-electron chi connectivity index (χ0n) is 13.6. The van der Waals surface area contributed by atoms with Gasteiger partial charge in [0.05, 0.1) is 12.4 Å². The normalized spacial score (nSPS) is 15.2. The van der Waals surface area contributed by atoms with Crippen LogP contribution >= 0.6 is 11.8 Å². The maximum atomic E-state index is 12.3. The summed E-state index contributed by atoms with van der Waals surface area (Å²) in [6.07, 6.45) is 0.815. The van der Waals surface area contributed by atoms with E-state index in [-0.39, 0.29) is 30.9 Å². The summed E-state index contributed by atoms with van der Waals surface area (Å²) < 4.78 is 0. The van der Waals surface area contributed by atoms with E-state index in [9.17, 15) is 14.4 Å². The maximum absolute atomic E-state index is 12.3. The highest BCUT2D eigenvalue weighted by Crippen LogP contribution is 2.33. The van der Waals surface area contributed by atoms with E-state index in [0.29, 0.717) is 18.6 Å². The second kappa shape index (κ2) is 8.70. The van der Waals surface area contributed by atoms with Gasteiger partial charge in [0.2, 0.25) is 17.7 Å². The summed E-state index contributed by atoms with van der Waals surface area (Å²) in [7, 11) is 0. The average molecular weight is 350 g/mol. The van der Waals surface area contributed by atoms with Crippen LogP contribution in [0.5, 0.6) is 0 Å². The molecular weight excluding hydrogens is 328 g/mol. The molecule has 0 bridgehead atoms. The van der Waals surface area contributed by atoms with Crippen LogP contribution in [0.1, 0.15) is 19.8 Å². The van der Waals surface area contributed by atoms with Crippen molar-refractivity contribution in [1.29, 1.82) is 0 Å². The summed E-state index contributed by atoms with van der Waals surface area (Å²) in [6, 6.07) is 6.86. The second-order valence-electron chi connectivity index (χ2n) is 5.32. The average Bonchev–Trinajstić information content (AvgIpc) is 2.72. The molecule has 4 N–H and O–H groups in total. The Hall–Kier alpha value is -2.06. The first-order valence-electron chi connectivity index (χ1n) is 7.86. The fourth-order valence-corrected chi connectivity index (χ4v) is 3.45. The van der Waals surface area contributed by atoms with Gasteiger partial charge in [-0.05, 0) is 18.6 Å². The number of nitrogens with zero attached hydrogens (tertiary/aromatic N) is 1. The van der Waals surface area contributed by atoms with Crippen LogP contribution in [-0.4, -0.2) is 42.7 Å². The number of carbonyl (C=O) groups is 3. The van der Waals surface area contributed by atoms with Crippen LogP contribution in [0.4, 0.5) is 5.69 Å². The fourth-order valence-electron chi connectivity index (χ4n) is 2.45. The molecule has 1 aliphatic heterocycles. The number of anilines is 1. The predicted molar refractivity (Wildman–Crippen MR) is 93.6 cm³/mol. The van der Waals surface area contributed by atoms with E-state index in [0.717, 1.165) is 10.6 Å². The maximum Gasteiger partial charge on any atom is 0.243 e. The number of hydrogen-bond acceptors (Lipinski definition) is 5. The number of carbonyl (C=O) groups excluding carboxylic acids is 3. The molecule has 130 valence electrons. The number of para-hydroxylation sites is 1. The Kier molecular flexibility index (Phi) is 6.62. The van der Waals surface area contributed by atoms with Crippen LogP contribution in [0, 0.1) is 0 Å². The Balaban J connectivity index is 2.09.